The van der Waals surface area contributed by atoms with Gasteiger partial charge in [0.2, 0.25) is 0 Å². The summed E-state index contributed by atoms with van der Waals surface area (Å²) in [6.45, 7) is -0.533. The molecule has 0 aliphatic heterocycles. The molecule has 0 aromatic heterocycles. The predicted octanol–water partition coefficient (Wildman–Crippen LogP) is 5.15. The number of halogens is 3. The summed E-state index contributed by atoms with van der Waals surface area (Å²) >= 11 is 0. The first-order valence-electron chi connectivity index (χ1n) is 10.1. The van der Waals surface area contributed by atoms with Crippen molar-refractivity contribution in [2.24, 2.45) is 5.92 Å². The van der Waals surface area contributed by atoms with E-state index in [1.165, 1.54) is 6.07 Å². The molecule has 1 unspecified atom stereocenters. The zero-order chi connectivity index (χ0) is 22.8. The number of aromatic hydroxyl groups is 1. The second-order valence-corrected chi connectivity index (χ2v) is 7.78. The zero-order valence-electron chi connectivity index (χ0n) is 16.9. The first kappa shape index (κ1) is 21.6. The highest BCUT2D eigenvalue weighted by Crippen LogP contribution is 2.30. The first-order chi connectivity index (χ1) is 15.3. The number of carbonyl (C=O) groups is 2. The van der Waals surface area contributed by atoms with E-state index >= 15 is 0 Å². The van der Waals surface area contributed by atoms with E-state index in [-0.39, 0.29) is 28.6 Å². The molecule has 32 heavy (non-hydrogen) atoms. The van der Waals surface area contributed by atoms with Crippen LogP contribution in [0.25, 0.3) is 0 Å². The molecule has 0 radical (unpaired) electrons. The van der Waals surface area contributed by atoms with Crippen molar-refractivity contribution in [2.45, 2.75) is 25.9 Å². The zero-order valence-corrected chi connectivity index (χ0v) is 16.9. The summed E-state index contributed by atoms with van der Waals surface area (Å²) in [5, 5.41) is 9.59. The van der Waals surface area contributed by atoms with Gasteiger partial charge in [-0.3, -0.25) is 4.79 Å². The van der Waals surface area contributed by atoms with E-state index in [1.54, 1.807) is 36.4 Å². The van der Waals surface area contributed by atoms with Crippen molar-refractivity contribution in [1.29, 1.82) is 0 Å². The number of hydrogen-bond donors (Lipinski definition) is 1. The molecule has 0 fully saturated rings. The summed E-state index contributed by atoms with van der Waals surface area (Å²) in [4.78, 5) is 25.0. The Kier molecular flexibility index (Phi) is 5.99. The molecule has 1 N–H and O–H groups in total. The Morgan fingerprint density at radius 2 is 1.69 bits per heavy atom. The van der Waals surface area contributed by atoms with Gasteiger partial charge >= 0.3 is 5.97 Å². The quantitative estimate of drug-likeness (QED) is 0.440. The normalized spacial score (nSPS) is 15.3. The molecule has 1 aliphatic carbocycles. The van der Waals surface area contributed by atoms with Crippen LogP contribution in [0.1, 0.15) is 43.8 Å². The van der Waals surface area contributed by atoms with E-state index in [4.69, 9.17) is 4.74 Å². The molecule has 0 heterocycles. The van der Waals surface area contributed by atoms with Crippen molar-refractivity contribution in [3.05, 3.63) is 99.9 Å². The molecule has 0 amide bonds. The third-order valence-electron chi connectivity index (χ3n) is 5.61. The Labute approximate surface area is 182 Å². The van der Waals surface area contributed by atoms with Crippen molar-refractivity contribution in [1.82, 2.24) is 0 Å². The van der Waals surface area contributed by atoms with Crippen LogP contribution >= 0.6 is 0 Å². The number of aryl methyl sites for hydroxylation is 1. The number of hydrogen-bond acceptors (Lipinski definition) is 4. The minimum absolute atomic E-state index is 0.0308. The standard InChI is InChI=1S/C25H19F3O4/c26-21-12-23(28)22(27)11-18(21)13-32-25(31)15-3-1-14(2-4-15)9-17-6-5-16-10-19(29)7-8-20(16)24(17)30/h1-4,7-8,10-12,17,29H,5-6,9,13H2. The summed E-state index contributed by atoms with van der Waals surface area (Å²) in [6, 6.07) is 12.3. The molecule has 0 spiro atoms. The van der Waals surface area contributed by atoms with Gasteiger partial charge in [-0.05, 0) is 66.8 Å². The van der Waals surface area contributed by atoms with Crippen LogP contribution in [0.15, 0.2) is 54.6 Å². The Morgan fingerprint density at radius 1 is 0.969 bits per heavy atom. The van der Waals surface area contributed by atoms with Crippen molar-refractivity contribution >= 4 is 11.8 Å². The van der Waals surface area contributed by atoms with E-state index in [0.717, 1.165) is 11.1 Å². The number of ether oxygens (including phenoxy) is 1. The Bertz CT molecular complexity index is 1190. The van der Waals surface area contributed by atoms with Crippen molar-refractivity contribution in [3.63, 3.8) is 0 Å². The number of phenols is 1. The van der Waals surface area contributed by atoms with Crippen LogP contribution in [-0.4, -0.2) is 16.9 Å². The molecule has 3 aromatic rings. The van der Waals surface area contributed by atoms with Crippen molar-refractivity contribution in [2.75, 3.05) is 0 Å². The Balaban J connectivity index is 1.38. The predicted molar refractivity (Wildman–Crippen MR) is 110 cm³/mol. The van der Waals surface area contributed by atoms with Gasteiger partial charge in [0.25, 0.3) is 0 Å². The monoisotopic (exact) mass is 440 g/mol. The molecular formula is C25H19F3O4. The molecule has 1 aliphatic rings. The molecule has 1 atom stereocenters. The molecule has 0 bridgehead atoms. The van der Waals surface area contributed by atoms with E-state index in [1.807, 2.05) is 0 Å². The fraction of sp³-hybridized carbons (Fsp3) is 0.200. The number of ketones is 1. The van der Waals surface area contributed by atoms with Crippen LogP contribution in [0.3, 0.4) is 0 Å². The second-order valence-electron chi connectivity index (χ2n) is 7.78. The van der Waals surface area contributed by atoms with Crippen LogP contribution in [-0.2, 0) is 24.2 Å². The average Bonchev–Trinajstić information content (AvgIpc) is 2.77. The largest absolute Gasteiger partial charge is 0.508 e. The highest BCUT2D eigenvalue weighted by atomic mass is 19.2. The van der Waals surface area contributed by atoms with Crippen molar-refractivity contribution in [3.8, 4) is 5.75 Å². The van der Waals surface area contributed by atoms with Crippen LogP contribution in [0, 0.1) is 23.4 Å². The van der Waals surface area contributed by atoms with Gasteiger partial charge in [-0.25, -0.2) is 18.0 Å². The lowest BCUT2D eigenvalue weighted by Gasteiger charge is -2.23. The maximum absolute atomic E-state index is 13.7. The number of carbonyl (C=O) groups excluding carboxylic acids is 2. The highest BCUT2D eigenvalue weighted by molar-refractivity contribution is 6.00. The third kappa shape index (κ3) is 4.51. The number of esters is 1. The minimum atomic E-state index is -1.31. The summed E-state index contributed by atoms with van der Waals surface area (Å²) in [5.41, 5.74) is 2.30. The fourth-order valence-corrected chi connectivity index (χ4v) is 3.87. The molecule has 7 heteroatoms. The molecule has 0 saturated carbocycles. The maximum Gasteiger partial charge on any atom is 0.338 e. The number of phenolic OH excluding ortho intramolecular Hbond substituents is 1. The van der Waals surface area contributed by atoms with Gasteiger partial charge in [0.15, 0.2) is 17.4 Å². The Morgan fingerprint density at radius 3 is 2.44 bits per heavy atom. The SMILES string of the molecule is O=C(OCc1cc(F)c(F)cc1F)c1ccc(CC2CCc3cc(O)ccc3C2=O)cc1. The second kappa shape index (κ2) is 8.86. The summed E-state index contributed by atoms with van der Waals surface area (Å²) in [6.07, 6.45) is 1.87. The van der Waals surface area contributed by atoms with Crippen molar-refractivity contribution < 1.29 is 32.6 Å². The molecule has 0 saturated heterocycles. The van der Waals surface area contributed by atoms with E-state index in [2.05, 4.69) is 0 Å². The van der Waals surface area contributed by atoms with Crippen LogP contribution in [0.5, 0.6) is 5.75 Å². The lowest BCUT2D eigenvalue weighted by molar-refractivity contribution is 0.0468. The lowest BCUT2D eigenvalue weighted by Crippen LogP contribution is -2.24. The highest BCUT2D eigenvalue weighted by Gasteiger charge is 2.27. The Hall–Kier alpha value is -3.61. The first-order valence-corrected chi connectivity index (χ1v) is 10.1. The van der Waals surface area contributed by atoms with Gasteiger partial charge in [-0.1, -0.05) is 12.1 Å². The fourth-order valence-electron chi connectivity index (χ4n) is 3.87. The average molecular weight is 440 g/mol. The van der Waals surface area contributed by atoms with Gasteiger partial charge < -0.3 is 9.84 Å². The molecule has 4 nitrogen and oxygen atoms in total. The lowest BCUT2D eigenvalue weighted by atomic mass is 9.79. The van der Waals surface area contributed by atoms with Crippen LogP contribution < -0.4 is 0 Å². The van der Waals surface area contributed by atoms with E-state index in [0.29, 0.717) is 37.0 Å². The molecule has 3 aromatic carbocycles. The topological polar surface area (TPSA) is 63.6 Å². The summed E-state index contributed by atoms with van der Waals surface area (Å²) in [5.74, 6) is -4.29. The van der Waals surface area contributed by atoms with Gasteiger partial charge in [0.1, 0.15) is 18.2 Å². The van der Waals surface area contributed by atoms with Crippen LogP contribution in [0.2, 0.25) is 0 Å². The van der Waals surface area contributed by atoms with Gasteiger partial charge in [0, 0.05) is 23.1 Å². The number of Topliss-reactive ketones (excluding diaryl/α,β-unsaturated/α-hetero) is 1. The number of fused-ring (bicyclic) bond motifs is 1. The molecule has 4 rings (SSSR count). The number of rotatable bonds is 5. The van der Waals surface area contributed by atoms with E-state index in [9.17, 15) is 27.9 Å². The van der Waals surface area contributed by atoms with E-state index < -0.39 is 30.0 Å². The van der Waals surface area contributed by atoms with Gasteiger partial charge in [-0.15, -0.1) is 0 Å². The molecule has 164 valence electrons. The minimum Gasteiger partial charge on any atom is -0.508 e. The number of benzene rings is 3. The maximum atomic E-state index is 13.7. The van der Waals surface area contributed by atoms with Gasteiger partial charge in [0.05, 0.1) is 5.56 Å². The van der Waals surface area contributed by atoms with Gasteiger partial charge in [-0.2, -0.15) is 0 Å². The smallest absolute Gasteiger partial charge is 0.338 e. The summed E-state index contributed by atoms with van der Waals surface area (Å²) in [7, 11) is 0. The summed E-state index contributed by atoms with van der Waals surface area (Å²) < 4.78 is 44.9. The molecular weight excluding hydrogens is 421 g/mol. The van der Waals surface area contributed by atoms with Crippen LogP contribution in [0.4, 0.5) is 13.2 Å². The third-order valence-corrected chi connectivity index (χ3v) is 5.61.